The van der Waals surface area contributed by atoms with E-state index >= 15 is 0 Å². The van der Waals surface area contributed by atoms with Crippen LogP contribution in [0.4, 0.5) is 0 Å². The van der Waals surface area contributed by atoms with Gasteiger partial charge < -0.3 is 14.4 Å². The minimum atomic E-state index is -0.380. The quantitative estimate of drug-likeness (QED) is 0.388. The van der Waals surface area contributed by atoms with Crippen LogP contribution >= 0.6 is 23.2 Å². The number of rotatable bonds is 8. The first kappa shape index (κ1) is 22.1. The zero-order valence-electron chi connectivity index (χ0n) is 17.1. The van der Waals surface area contributed by atoms with Gasteiger partial charge in [0.25, 0.3) is 0 Å². The van der Waals surface area contributed by atoms with Crippen LogP contribution in [0.2, 0.25) is 10.0 Å². The molecule has 1 aromatic heterocycles. The van der Waals surface area contributed by atoms with Gasteiger partial charge in [0, 0.05) is 34.8 Å². The molecule has 0 spiro atoms. The third-order valence-corrected chi connectivity index (χ3v) is 5.59. The molecule has 0 saturated carbocycles. The van der Waals surface area contributed by atoms with E-state index in [4.69, 9.17) is 42.5 Å². The highest BCUT2D eigenvalue weighted by atomic mass is 35.5. The van der Waals surface area contributed by atoms with Gasteiger partial charge in [0.2, 0.25) is 0 Å². The van der Waals surface area contributed by atoms with E-state index in [1.165, 1.54) is 0 Å². The van der Waals surface area contributed by atoms with Crippen molar-refractivity contribution in [3.05, 3.63) is 93.2 Å². The van der Waals surface area contributed by atoms with Crippen LogP contribution in [-0.4, -0.2) is 24.3 Å². The molecule has 2 aromatic carbocycles. The molecule has 1 aliphatic heterocycles. The molecule has 3 aromatic rings. The third kappa shape index (κ3) is 5.56. The maximum Gasteiger partial charge on any atom is 0.168 e. The number of hydrogen-bond acceptors (Lipinski definition) is 5. The normalized spacial score (nSPS) is 16.4. The predicted molar refractivity (Wildman–Crippen MR) is 119 cm³/mol. The summed E-state index contributed by atoms with van der Waals surface area (Å²) in [7, 11) is 0. The van der Waals surface area contributed by atoms with Crippen LogP contribution in [-0.2, 0) is 27.4 Å². The molecule has 2 atom stereocenters. The first-order valence-electron chi connectivity index (χ1n) is 10.1. The molecular weight excluding hydrogens is 437 g/mol. The number of ether oxygens (including phenoxy) is 2. The average molecular weight is 460 g/mol. The molecule has 0 N–H and O–H groups in total. The van der Waals surface area contributed by atoms with Crippen LogP contribution in [0.25, 0.3) is 0 Å². The number of nitrogens with zero attached hydrogens (tertiary/aromatic N) is 1. The van der Waals surface area contributed by atoms with Gasteiger partial charge in [-0.2, -0.15) is 4.89 Å². The molecule has 162 valence electrons. The number of fused-ring (bicyclic) bond motifs is 1. The van der Waals surface area contributed by atoms with Gasteiger partial charge in [0.15, 0.2) is 5.75 Å². The Labute approximate surface area is 191 Å². The van der Waals surface area contributed by atoms with Crippen LogP contribution < -0.4 is 4.89 Å². The molecule has 5 nitrogen and oxygen atoms in total. The number of halogens is 2. The topological polar surface area (TPSA) is 49.8 Å². The first-order valence-corrected chi connectivity index (χ1v) is 10.9. The number of pyridine rings is 1. The second-order valence-corrected chi connectivity index (χ2v) is 8.06. The van der Waals surface area contributed by atoms with Crippen molar-refractivity contribution >= 4 is 23.2 Å². The molecule has 0 fully saturated rings. The van der Waals surface area contributed by atoms with Gasteiger partial charge in [-0.3, -0.25) is 4.98 Å². The van der Waals surface area contributed by atoms with E-state index < -0.39 is 0 Å². The van der Waals surface area contributed by atoms with Crippen molar-refractivity contribution in [3.63, 3.8) is 0 Å². The highest BCUT2D eigenvalue weighted by Crippen LogP contribution is 2.33. The van der Waals surface area contributed by atoms with Gasteiger partial charge in [0.05, 0.1) is 18.9 Å². The molecule has 2 unspecified atom stereocenters. The molecular formula is C24H23Cl2NO4. The first-order chi connectivity index (χ1) is 15.1. The third-order valence-electron chi connectivity index (χ3n) is 4.99. The molecule has 0 saturated heterocycles. The Morgan fingerprint density at radius 3 is 2.84 bits per heavy atom. The van der Waals surface area contributed by atoms with Gasteiger partial charge in [-0.15, -0.1) is 0 Å². The van der Waals surface area contributed by atoms with E-state index in [1.807, 2.05) is 43.3 Å². The zero-order valence-corrected chi connectivity index (χ0v) is 18.6. The summed E-state index contributed by atoms with van der Waals surface area (Å²) in [5.74, 6) is 0.703. The van der Waals surface area contributed by atoms with Gasteiger partial charge in [-0.05, 0) is 60.5 Å². The van der Waals surface area contributed by atoms with Crippen LogP contribution in [0.1, 0.15) is 35.4 Å². The lowest BCUT2D eigenvalue weighted by Crippen LogP contribution is -2.28. The summed E-state index contributed by atoms with van der Waals surface area (Å²) < 4.78 is 11.8. The van der Waals surface area contributed by atoms with Gasteiger partial charge in [-0.25, -0.2) is 0 Å². The Morgan fingerprint density at radius 1 is 1.13 bits per heavy atom. The highest BCUT2D eigenvalue weighted by molar-refractivity contribution is 6.33. The zero-order chi connectivity index (χ0) is 21.6. The Bertz CT molecular complexity index is 1020. The standard InChI is InChI=1S/C24H23Cl2NO4/c1-2-28-15-20-13-17-11-16(6-9-23(17)31-30-20)24(22-5-3-4-10-27-22)29-14-18-12-19(25)7-8-21(18)26/h3-12,20,24H,2,13-15H2,1H3. The van der Waals surface area contributed by atoms with Crippen LogP contribution in [0.15, 0.2) is 60.8 Å². The second-order valence-electron chi connectivity index (χ2n) is 7.21. The van der Waals surface area contributed by atoms with E-state index in [9.17, 15) is 0 Å². The lowest BCUT2D eigenvalue weighted by Gasteiger charge is -2.25. The average Bonchev–Trinajstić information content (AvgIpc) is 2.80. The molecule has 0 amide bonds. The van der Waals surface area contributed by atoms with Crippen molar-refractivity contribution in [2.75, 3.05) is 13.2 Å². The van der Waals surface area contributed by atoms with Gasteiger partial charge in [0.1, 0.15) is 12.2 Å². The lowest BCUT2D eigenvalue weighted by molar-refractivity contribution is -0.264. The molecule has 1 aliphatic rings. The summed E-state index contributed by atoms with van der Waals surface area (Å²) in [5, 5.41) is 1.22. The maximum atomic E-state index is 6.33. The van der Waals surface area contributed by atoms with Crippen molar-refractivity contribution in [2.45, 2.75) is 32.2 Å². The van der Waals surface area contributed by atoms with Crippen molar-refractivity contribution in [1.82, 2.24) is 4.98 Å². The van der Waals surface area contributed by atoms with E-state index in [0.29, 0.717) is 42.0 Å². The van der Waals surface area contributed by atoms with Crippen LogP contribution in [0.5, 0.6) is 5.75 Å². The van der Waals surface area contributed by atoms with Gasteiger partial charge in [-0.1, -0.05) is 35.3 Å². The summed E-state index contributed by atoms with van der Waals surface area (Å²) in [6.45, 7) is 3.36. The monoisotopic (exact) mass is 459 g/mol. The Kier molecular flexibility index (Phi) is 7.43. The SMILES string of the molecule is CCOCC1Cc2cc(C(OCc3cc(Cl)ccc3Cl)c3ccccn3)ccc2OO1. The number of hydrogen-bond donors (Lipinski definition) is 0. The molecule has 7 heteroatoms. The molecule has 31 heavy (non-hydrogen) atoms. The van der Waals surface area contributed by atoms with Crippen molar-refractivity contribution in [3.8, 4) is 5.75 Å². The van der Waals surface area contributed by atoms with Crippen LogP contribution in [0, 0.1) is 0 Å². The summed E-state index contributed by atoms with van der Waals surface area (Å²) >= 11 is 12.5. The van der Waals surface area contributed by atoms with E-state index in [1.54, 1.807) is 18.3 Å². The largest absolute Gasteiger partial charge is 0.379 e. The minimum absolute atomic E-state index is 0.151. The fourth-order valence-electron chi connectivity index (χ4n) is 3.45. The predicted octanol–water partition coefficient (Wildman–Crippen LogP) is 5.97. The fraction of sp³-hybridized carbons (Fsp3) is 0.292. The fourth-order valence-corrected chi connectivity index (χ4v) is 3.82. The van der Waals surface area contributed by atoms with E-state index in [2.05, 4.69) is 11.1 Å². The van der Waals surface area contributed by atoms with Crippen LogP contribution in [0.3, 0.4) is 0 Å². The summed E-state index contributed by atoms with van der Waals surface area (Å²) in [4.78, 5) is 15.4. The number of aromatic nitrogens is 1. The van der Waals surface area contributed by atoms with E-state index in [0.717, 1.165) is 22.4 Å². The minimum Gasteiger partial charge on any atom is -0.379 e. The smallest absolute Gasteiger partial charge is 0.168 e. The van der Waals surface area contributed by atoms with Crippen molar-refractivity contribution in [1.29, 1.82) is 0 Å². The molecule has 0 radical (unpaired) electrons. The van der Waals surface area contributed by atoms with Crippen molar-refractivity contribution in [2.24, 2.45) is 0 Å². The molecule has 0 bridgehead atoms. The lowest BCUT2D eigenvalue weighted by atomic mass is 9.98. The molecule has 2 heterocycles. The maximum absolute atomic E-state index is 6.33. The summed E-state index contributed by atoms with van der Waals surface area (Å²) in [5.41, 5.74) is 3.64. The molecule has 0 aliphatic carbocycles. The Morgan fingerprint density at radius 2 is 2.03 bits per heavy atom. The summed E-state index contributed by atoms with van der Waals surface area (Å²) in [6, 6.07) is 17.0. The number of benzene rings is 2. The Balaban J connectivity index is 1.59. The van der Waals surface area contributed by atoms with E-state index in [-0.39, 0.29) is 12.2 Å². The van der Waals surface area contributed by atoms with Gasteiger partial charge >= 0.3 is 0 Å². The highest BCUT2D eigenvalue weighted by Gasteiger charge is 2.25. The molecule has 4 rings (SSSR count). The van der Waals surface area contributed by atoms with Crippen molar-refractivity contribution < 1.29 is 19.2 Å². The Hall–Kier alpha value is -2.15. The second kappa shape index (κ2) is 10.4. The summed E-state index contributed by atoms with van der Waals surface area (Å²) in [6.07, 6.45) is 1.92.